The van der Waals surface area contributed by atoms with Gasteiger partial charge in [-0.25, -0.2) is 18.1 Å². The van der Waals surface area contributed by atoms with E-state index in [-0.39, 0.29) is 6.54 Å². The maximum atomic E-state index is 12.1. The van der Waals surface area contributed by atoms with Crippen molar-refractivity contribution in [3.8, 4) is 0 Å². The van der Waals surface area contributed by atoms with E-state index in [9.17, 15) is 8.42 Å². The normalized spacial score (nSPS) is 15.6. The first kappa shape index (κ1) is 13.7. The van der Waals surface area contributed by atoms with Crippen molar-refractivity contribution >= 4 is 21.4 Å². The molecule has 8 heteroatoms. The summed E-state index contributed by atoms with van der Waals surface area (Å²) < 4.78 is 27.2. The minimum atomic E-state index is -3.45. The van der Waals surface area contributed by atoms with Crippen molar-refractivity contribution in [3.63, 3.8) is 0 Å². The molecule has 1 aliphatic rings. The molecule has 0 aliphatic heterocycles. The third-order valence-electron chi connectivity index (χ3n) is 3.05. The van der Waals surface area contributed by atoms with Crippen LogP contribution >= 0.6 is 11.3 Å². The van der Waals surface area contributed by atoms with E-state index in [1.54, 1.807) is 12.3 Å². The van der Waals surface area contributed by atoms with Gasteiger partial charge in [0.2, 0.25) is 10.0 Å². The lowest BCUT2D eigenvalue weighted by Crippen LogP contribution is -2.22. The number of thiophene rings is 1. The maximum absolute atomic E-state index is 12.1. The maximum Gasteiger partial charge on any atom is 0.250 e. The van der Waals surface area contributed by atoms with E-state index >= 15 is 0 Å². The van der Waals surface area contributed by atoms with Gasteiger partial charge in [-0.1, -0.05) is 0 Å². The monoisotopic (exact) mass is 312 g/mol. The highest BCUT2D eigenvalue weighted by Gasteiger charge is 2.21. The molecule has 0 unspecified atom stereocenters. The Hall–Kier alpha value is -1.22. The van der Waals surface area contributed by atoms with Gasteiger partial charge in [0.1, 0.15) is 4.21 Å². The van der Waals surface area contributed by atoms with Gasteiger partial charge in [0.05, 0.1) is 12.9 Å². The minimum Gasteiger partial charge on any atom is -0.347 e. The predicted molar refractivity (Wildman–Crippen MR) is 76.8 cm³/mol. The first-order chi connectivity index (χ1) is 9.63. The zero-order valence-corrected chi connectivity index (χ0v) is 12.4. The molecular weight excluding hydrogens is 296 g/mol. The van der Waals surface area contributed by atoms with Gasteiger partial charge >= 0.3 is 0 Å². The summed E-state index contributed by atoms with van der Waals surface area (Å²) in [5.74, 6) is 0. The van der Waals surface area contributed by atoms with E-state index in [2.05, 4.69) is 20.0 Å². The third-order valence-corrected chi connectivity index (χ3v) is 6.03. The van der Waals surface area contributed by atoms with E-state index in [0.717, 1.165) is 17.1 Å². The standard InChI is InChI=1S/C12H16N4O2S2/c17-20(18,16-6-10-5-13-8-15-10)12-4-3-11(19-12)7-14-9-1-2-9/h3-5,8-9,14,16H,1-2,6-7H2,(H,13,15). The summed E-state index contributed by atoms with van der Waals surface area (Å²) in [7, 11) is -3.45. The van der Waals surface area contributed by atoms with Crippen LogP contribution in [0, 0.1) is 0 Å². The van der Waals surface area contributed by atoms with Crippen LogP contribution in [0.4, 0.5) is 0 Å². The predicted octanol–water partition coefficient (Wildman–Crippen LogP) is 1.20. The van der Waals surface area contributed by atoms with Crippen molar-refractivity contribution in [2.75, 3.05) is 0 Å². The van der Waals surface area contributed by atoms with Gasteiger partial charge in [-0.2, -0.15) is 0 Å². The molecule has 0 saturated heterocycles. The smallest absolute Gasteiger partial charge is 0.250 e. The molecule has 3 rings (SSSR count). The Labute approximate surface area is 121 Å². The van der Waals surface area contributed by atoms with Crippen LogP contribution in [0.25, 0.3) is 0 Å². The van der Waals surface area contributed by atoms with Crippen molar-refractivity contribution in [2.45, 2.75) is 36.2 Å². The molecule has 0 amide bonds. The van der Waals surface area contributed by atoms with Gasteiger partial charge in [-0.3, -0.25) is 0 Å². The van der Waals surface area contributed by atoms with Gasteiger partial charge in [-0.05, 0) is 25.0 Å². The molecule has 0 atom stereocenters. The molecule has 108 valence electrons. The second-order valence-electron chi connectivity index (χ2n) is 4.78. The number of rotatable bonds is 7. The molecule has 2 aromatic heterocycles. The van der Waals surface area contributed by atoms with Crippen molar-refractivity contribution in [2.24, 2.45) is 0 Å². The fraction of sp³-hybridized carbons (Fsp3) is 0.417. The van der Waals surface area contributed by atoms with Crippen LogP contribution in [0.1, 0.15) is 23.4 Å². The van der Waals surface area contributed by atoms with E-state index in [1.807, 2.05) is 6.07 Å². The summed E-state index contributed by atoms with van der Waals surface area (Å²) in [6, 6.07) is 4.14. The summed E-state index contributed by atoms with van der Waals surface area (Å²) in [6.07, 6.45) is 5.57. The minimum absolute atomic E-state index is 0.218. The second-order valence-corrected chi connectivity index (χ2v) is 7.94. The Kier molecular flexibility index (Phi) is 3.88. The number of nitrogens with one attached hydrogen (secondary N) is 3. The van der Waals surface area contributed by atoms with Crippen LogP contribution in [0.5, 0.6) is 0 Å². The van der Waals surface area contributed by atoms with E-state index in [0.29, 0.717) is 10.3 Å². The lowest BCUT2D eigenvalue weighted by atomic mass is 10.4. The third kappa shape index (κ3) is 3.45. The number of hydrogen-bond donors (Lipinski definition) is 3. The molecular formula is C12H16N4O2S2. The largest absolute Gasteiger partial charge is 0.347 e. The summed E-state index contributed by atoms with van der Waals surface area (Å²) in [4.78, 5) is 7.75. The van der Waals surface area contributed by atoms with Crippen LogP contribution in [-0.2, 0) is 23.1 Å². The summed E-state index contributed by atoms with van der Waals surface area (Å²) in [6.45, 7) is 0.960. The number of sulfonamides is 1. The quantitative estimate of drug-likeness (QED) is 0.717. The van der Waals surface area contributed by atoms with Crippen LogP contribution < -0.4 is 10.0 Å². The summed E-state index contributed by atoms with van der Waals surface area (Å²) in [5.41, 5.74) is 0.737. The van der Waals surface area contributed by atoms with Crippen molar-refractivity contribution in [1.29, 1.82) is 0 Å². The SMILES string of the molecule is O=S(=O)(NCc1cnc[nH]1)c1ccc(CNC2CC2)s1. The fourth-order valence-electron chi connectivity index (χ4n) is 1.76. The molecule has 0 aromatic carbocycles. The Morgan fingerprint density at radius 2 is 2.20 bits per heavy atom. The van der Waals surface area contributed by atoms with Crippen molar-refractivity contribution < 1.29 is 8.42 Å². The number of H-pyrrole nitrogens is 1. The average molecular weight is 312 g/mol. The number of hydrogen-bond acceptors (Lipinski definition) is 5. The highest BCUT2D eigenvalue weighted by atomic mass is 32.2. The van der Waals surface area contributed by atoms with E-state index < -0.39 is 10.0 Å². The van der Waals surface area contributed by atoms with Gasteiger partial charge in [-0.15, -0.1) is 11.3 Å². The van der Waals surface area contributed by atoms with E-state index in [4.69, 9.17) is 0 Å². The summed E-state index contributed by atoms with van der Waals surface area (Å²) >= 11 is 1.31. The highest BCUT2D eigenvalue weighted by molar-refractivity contribution is 7.91. The molecule has 1 fully saturated rings. The van der Waals surface area contributed by atoms with E-state index in [1.165, 1.54) is 30.5 Å². The molecule has 2 heterocycles. The Bertz CT molecular complexity index is 659. The Morgan fingerprint density at radius 3 is 2.90 bits per heavy atom. The van der Waals surface area contributed by atoms with Crippen molar-refractivity contribution in [3.05, 3.63) is 35.2 Å². The number of imidazole rings is 1. The number of aromatic nitrogens is 2. The van der Waals surface area contributed by atoms with Crippen LogP contribution in [0.15, 0.2) is 28.9 Å². The molecule has 0 spiro atoms. The second kappa shape index (κ2) is 5.65. The Balaban J connectivity index is 1.61. The first-order valence-electron chi connectivity index (χ1n) is 6.42. The topological polar surface area (TPSA) is 86.9 Å². The molecule has 3 N–H and O–H groups in total. The molecule has 1 saturated carbocycles. The van der Waals surface area contributed by atoms with Gasteiger partial charge < -0.3 is 10.3 Å². The first-order valence-corrected chi connectivity index (χ1v) is 8.72. The lowest BCUT2D eigenvalue weighted by Gasteiger charge is -2.03. The lowest BCUT2D eigenvalue weighted by molar-refractivity contribution is 0.582. The molecule has 6 nitrogen and oxygen atoms in total. The number of nitrogens with zero attached hydrogens (tertiary/aromatic N) is 1. The van der Waals surface area contributed by atoms with Crippen molar-refractivity contribution in [1.82, 2.24) is 20.0 Å². The zero-order valence-electron chi connectivity index (χ0n) is 10.8. The molecule has 20 heavy (non-hydrogen) atoms. The zero-order chi connectivity index (χ0) is 14.0. The van der Waals surface area contributed by atoms with Gasteiger partial charge in [0, 0.05) is 29.4 Å². The summed E-state index contributed by atoms with van der Waals surface area (Å²) in [5, 5.41) is 3.37. The molecule has 2 aromatic rings. The van der Waals surface area contributed by atoms with Gasteiger partial charge in [0.15, 0.2) is 0 Å². The Morgan fingerprint density at radius 1 is 1.35 bits per heavy atom. The van der Waals surface area contributed by atoms with Crippen LogP contribution in [-0.4, -0.2) is 24.4 Å². The molecule has 0 radical (unpaired) electrons. The number of aromatic amines is 1. The molecule has 0 bridgehead atoms. The van der Waals surface area contributed by atoms with Gasteiger partial charge in [0.25, 0.3) is 0 Å². The average Bonchev–Trinajstić information content (AvgIpc) is 2.94. The fourth-order valence-corrected chi connectivity index (χ4v) is 4.11. The van der Waals surface area contributed by atoms with Crippen LogP contribution in [0.3, 0.4) is 0 Å². The highest BCUT2D eigenvalue weighted by Crippen LogP contribution is 2.24. The molecule has 1 aliphatic carbocycles. The van der Waals surface area contributed by atoms with Crippen LogP contribution in [0.2, 0.25) is 0 Å².